The van der Waals surface area contributed by atoms with Crippen LogP contribution < -0.4 is 5.32 Å². The largest absolute Gasteiger partial charge is 0.346 e. The third-order valence-electron chi connectivity index (χ3n) is 2.35. The Kier molecular flexibility index (Phi) is 2.97. The molecule has 3 aromatic rings. The van der Waals surface area contributed by atoms with Gasteiger partial charge >= 0.3 is 0 Å². The van der Waals surface area contributed by atoms with E-state index in [2.05, 4.69) is 25.8 Å². The third kappa shape index (κ3) is 2.21. The van der Waals surface area contributed by atoms with E-state index in [1.54, 1.807) is 22.2 Å². The molecule has 0 saturated carbocycles. The molecule has 0 bridgehead atoms. The molecule has 0 amide bonds. The Balaban J connectivity index is 1.80. The van der Waals surface area contributed by atoms with Crippen molar-refractivity contribution in [3.8, 4) is 5.69 Å². The molecular formula is C11H10N6S. The average Bonchev–Trinajstić information content (AvgIpc) is 3.09. The van der Waals surface area contributed by atoms with Crippen LogP contribution in [0.1, 0.15) is 5.01 Å². The Morgan fingerprint density at radius 3 is 2.89 bits per heavy atom. The van der Waals surface area contributed by atoms with E-state index in [1.165, 1.54) is 0 Å². The SMILES string of the molecule is c1ccc(-n2nnnc2NCc2nccs2)cc1. The third-order valence-corrected chi connectivity index (χ3v) is 3.13. The van der Waals surface area contributed by atoms with Gasteiger partial charge in [-0.2, -0.15) is 4.68 Å². The maximum Gasteiger partial charge on any atom is 0.248 e. The molecule has 7 heteroatoms. The van der Waals surface area contributed by atoms with E-state index < -0.39 is 0 Å². The van der Waals surface area contributed by atoms with Crippen LogP contribution in [0.25, 0.3) is 5.69 Å². The van der Waals surface area contributed by atoms with Gasteiger partial charge in [0.05, 0.1) is 12.2 Å². The fraction of sp³-hybridized carbons (Fsp3) is 0.0909. The standard InChI is InChI=1S/C11H10N6S/c1-2-4-9(5-3-1)17-11(14-15-16-17)13-8-10-12-6-7-18-10/h1-7H,8H2,(H,13,14,16). The van der Waals surface area contributed by atoms with Crippen LogP contribution in [0.15, 0.2) is 41.9 Å². The van der Waals surface area contributed by atoms with Crippen LogP contribution in [0.3, 0.4) is 0 Å². The van der Waals surface area contributed by atoms with Crippen LogP contribution in [-0.4, -0.2) is 25.2 Å². The van der Waals surface area contributed by atoms with Crippen LogP contribution in [0.4, 0.5) is 5.95 Å². The van der Waals surface area contributed by atoms with Gasteiger partial charge in [-0.1, -0.05) is 23.3 Å². The number of anilines is 1. The molecule has 90 valence electrons. The summed E-state index contributed by atoms with van der Waals surface area (Å²) in [6, 6.07) is 9.75. The number of benzene rings is 1. The second-order valence-corrected chi connectivity index (χ2v) is 4.51. The number of tetrazole rings is 1. The van der Waals surface area contributed by atoms with Gasteiger partial charge in [-0.25, -0.2) is 4.98 Å². The first-order valence-electron chi connectivity index (χ1n) is 5.39. The maximum atomic E-state index is 4.20. The summed E-state index contributed by atoms with van der Waals surface area (Å²) in [6.07, 6.45) is 1.78. The average molecular weight is 258 g/mol. The van der Waals surface area contributed by atoms with Gasteiger partial charge in [-0.05, 0) is 22.6 Å². The summed E-state index contributed by atoms with van der Waals surface area (Å²) < 4.78 is 1.66. The highest BCUT2D eigenvalue weighted by Crippen LogP contribution is 2.12. The van der Waals surface area contributed by atoms with Crippen molar-refractivity contribution in [2.75, 3.05) is 5.32 Å². The Bertz CT molecular complexity index is 604. The van der Waals surface area contributed by atoms with Crippen molar-refractivity contribution in [1.29, 1.82) is 0 Å². The lowest BCUT2D eigenvalue weighted by Crippen LogP contribution is -2.07. The monoisotopic (exact) mass is 258 g/mol. The zero-order valence-corrected chi connectivity index (χ0v) is 10.2. The van der Waals surface area contributed by atoms with Crippen molar-refractivity contribution >= 4 is 17.3 Å². The topological polar surface area (TPSA) is 68.5 Å². The number of rotatable bonds is 4. The van der Waals surface area contributed by atoms with Crippen molar-refractivity contribution in [2.45, 2.75) is 6.54 Å². The minimum absolute atomic E-state index is 0.608. The van der Waals surface area contributed by atoms with Crippen LogP contribution in [0.5, 0.6) is 0 Å². The van der Waals surface area contributed by atoms with Gasteiger partial charge in [0.2, 0.25) is 5.95 Å². The van der Waals surface area contributed by atoms with Crippen LogP contribution in [0, 0.1) is 0 Å². The van der Waals surface area contributed by atoms with Crippen LogP contribution in [0.2, 0.25) is 0 Å². The molecule has 6 nitrogen and oxygen atoms in total. The fourth-order valence-electron chi connectivity index (χ4n) is 1.54. The molecule has 1 aromatic carbocycles. The minimum atomic E-state index is 0.608. The predicted molar refractivity (Wildman–Crippen MR) is 68.6 cm³/mol. The summed E-state index contributed by atoms with van der Waals surface area (Å²) >= 11 is 1.59. The van der Waals surface area contributed by atoms with E-state index >= 15 is 0 Å². The molecule has 0 aliphatic carbocycles. The molecule has 1 N–H and O–H groups in total. The van der Waals surface area contributed by atoms with Crippen LogP contribution in [-0.2, 0) is 6.54 Å². The Hall–Kier alpha value is -2.28. The summed E-state index contributed by atoms with van der Waals surface area (Å²) in [7, 11) is 0. The van der Waals surface area contributed by atoms with Gasteiger partial charge in [0.1, 0.15) is 5.01 Å². The minimum Gasteiger partial charge on any atom is -0.346 e. The predicted octanol–water partition coefficient (Wildman–Crippen LogP) is 1.73. The summed E-state index contributed by atoms with van der Waals surface area (Å²) in [5, 5.41) is 17.7. The van der Waals surface area contributed by atoms with Crippen molar-refractivity contribution < 1.29 is 0 Å². The highest BCUT2D eigenvalue weighted by atomic mass is 32.1. The number of para-hydroxylation sites is 1. The smallest absolute Gasteiger partial charge is 0.248 e. The zero-order valence-electron chi connectivity index (χ0n) is 9.39. The van der Waals surface area contributed by atoms with E-state index in [9.17, 15) is 0 Å². The van der Waals surface area contributed by atoms with E-state index in [4.69, 9.17) is 0 Å². The number of nitrogens with one attached hydrogen (secondary N) is 1. The number of hydrogen-bond donors (Lipinski definition) is 1. The Morgan fingerprint density at radius 1 is 1.22 bits per heavy atom. The number of hydrogen-bond acceptors (Lipinski definition) is 6. The van der Waals surface area contributed by atoms with Gasteiger partial charge in [-0.15, -0.1) is 11.3 Å². The Labute approximate surface area is 107 Å². The molecule has 0 saturated heterocycles. The van der Waals surface area contributed by atoms with Crippen molar-refractivity contribution in [3.05, 3.63) is 46.9 Å². The van der Waals surface area contributed by atoms with Gasteiger partial charge in [-0.3, -0.25) is 0 Å². The molecular weight excluding hydrogens is 248 g/mol. The first-order valence-corrected chi connectivity index (χ1v) is 6.27. The van der Waals surface area contributed by atoms with Crippen LogP contribution >= 0.6 is 11.3 Å². The molecule has 2 heterocycles. The first kappa shape index (κ1) is 10.8. The van der Waals surface area contributed by atoms with Gasteiger partial charge in [0.25, 0.3) is 0 Å². The van der Waals surface area contributed by atoms with Crippen molar-refractivity contribution in [3.63, 3.8) is 0 Å². The van der Waals surface area contributed by atoms with Crippen molar-refractivity contribution in [1.82, 2.24) is 25.2 Å². The van der Waals surface area contributed by atoms with E-state index in [0.29, 0.717) is 12.5 Å². The lowest BCUT2D eigenvalue weighted by atomic mass is 10.3. The lowest BCUT2D eigenvalue weighted by molar-refractivity contribution is 0.789. The van der Waals surface area contributed by atoms with E-state index in [1.807, 2.05) is 35.7 Å². The number of aromatic nitrogens is 5. The molecule has 0 fully saturated rings. The van der Waals surface area contributed by atoms with Crippen molar-refractivity contribution in [2.24, 2.45) is 0 Å². The normalized spacial score (nSPS) is 10.4. The van der Waals surface area contributed by atoms with Gasteiger partial charge in [0, 0.05) is 11.6 Å². The molecule has 0 unspecified atom stereocenters. The number of nitrogens with zero attached hydrogens (tertiary/aromatic N) is 5. The van der Waals surface area contributed by atoms with Gasteiger partial charge < -0.3 is 5.32 Å². The molecule has 18 heavy (non-hydrogen) atoms. The summed E-state index contributed by atoms with van der Waals surface area (Å²) in [5.41, 5.74) is 0.920. The van der Waals surface area contributed by atoms with E-state index in [0.717, 1.165) is 10.7 Å². The highest BCUT2D eigenvalue weighted by molar-refractivity contribution is 7.09. The lowest BCUT2D eigenvalue weighted by Gasteiger charge is -2.05. The zero-order chi connectivity index (χ0) is 12.2. The molecule has 0 radical (unpaired) electrons. The highest BCUT2D eigenvalue weighted by Gasteiger charge is 2.07. The summed E-state index contributed by atoms with van der Waals surface area (Å²) in [4.78, 5) is 4.20. The maximum absolute atomic E-state index is 4.20. The molecule has 0 atom stereocenters. The summed E-state index contributed by atoms with van der Waals surface area (Å²) in [6.45, 7) is 0.616. The quantitative estimate of drug-likeness (QED) is 0.772. The molecule has 0 aliphatic heterocycles. The second kappa shape index (κ2) is 4.92. The molecule has 0 spiro atoms. The Morgan fingerprint density at radius 2 is 2.11 bits per heavy atom. The molecule has 0 aliphatic rings. The number of thiazole rings is 1. The molecule has 2 aromatic heterocycles. The van der Waals surface area contributed by atoms with Gasteiger partial charge in [0.15, 0.2) is 0 Å². The molecule has 3 rings (SSSR count). The summed E-state index contributed by atoms with van der Waals surface area (Å²) in [5.74, 6) is 0.608. The second-order valence-electron chi connectivity index (χ2n) is 3.53. The first-order chi connectivity index (χ1) is 8.93. The van der Waals surface area contributed by atoms with E-state index in [-0.39, 0.29) is 0 Å². The fourth-order valence-corrected chi connectivity index (χ4v) is 2.09.